The van der Waals surface area contributed by atoms with Gasteiger partial charge in [0, 0.05) is 0 Å². The highest BCUT2D eigenvalue weighted by atomic mass is 16.5. The molecule has 8 heteroatoms. The maximum atomic E-state index is 13.0. The second kappa shape index (κ2) is 30.8. The number of ether oxygens (including phenoxy) is 4. The van der Waals surface area contributed by atoms with Crippen LogP contribution in [-0.4, -0.2) is 23.9 Å². The molecule has 0 heterocycles. The number of hydrogen-bond acceptors (Lipinski definition) is 8. The molecular formula is C64H74O8. The number of esters is 4. The molecule has 8 nitrogen and oxygen atoms in total. The van der Waals surface area contributed by atoms with Gasteiger partial charge in [-0.3, -0.25) is 0 Å². The van der Waals surface area contributed by atoms with E-state index in [1.54, 1.807) is 97.1 Å². The van der Waals surface area contributed by atoms with E-state index in [1.165, 1.54) is 127 Å². The lowest BCUT2D eigenvalue weighted by Crippen LogP contribution is -2.10. The van der Waals surface area contributed by atoms with Gasteiger partial charge in [-0.15, -0.1) is 0 Å². The Morgan fingerprint density at radius 2 is 0.472 bits per heavy atom. The third kappa shape index (κ3) is 19.1. The molecule has 6 rings (SSSR count). The first kappa shape index (κ1) is 54.5. The van der Waals surface area contributed by atoms with Gasteiger partial charge in [-0.25, -0.2) is 19.2 Å². The number of carbonyl (C=O) groups is 4. The molecule has 0 atom stereocenters. The molecule has 0 saturated heterocycles. The summed E-state index contributed by atoms with van der Waals surface area (Å²) in [6.45, 7) is 4.51. The fraction of sp³-hybridized carbons (Fsp3) is 0.375. The van der Waals surface area contributed by atoms with Crippen molar-refractivity contribution in [1.82, 2.24) is 0 Å². The second-order valence-corrected chi connectivity index (χ2v) is 18.9. The van der Waals surface area contributed by atoms with Crippen molar-refractivity contribution in [2.75, 3.05) is 0 Å². The van der Waals surface area contributed by atoms with Crippen LogP contribution in [0.5, 0.6) is 23.0 Å². The summed E-state index contributed by atoms with van der Waals surface area (Å²) in [5.74, 6) is -0.614. The number of benzene rings is 6. The zero-order chi connectivity index (χ0) is 50.6. The van der Waals surface area contributed by atoms with Crippen molar-refractivity contribution in [2.45, 2.75) is 155 Å². The molecule has 6 aromatic rings. The predicted octanol–water partition coefficient (Wildman–Crippen LogP) is 17.2. The highest BCUT2D eigenvalue weighted by Gasteiger charge is 2.15. The standard InChI is InChI=1S/C64H74O8/c1-3-5-7-9-11-13-15-17-19-21-23-49-25-29-53(30-26-49)61(65)71-59-45-37-55(38-46-59)63(67)69-57-41-33-51(34-42-57)52-35-43-58(44-36-52)70-64(68)56-39-47-60(48-40-56)72-62(66)54-31-27-50(28-32-54)24-22-20-18-16-14-12-10-8-6-4-2/h25-48H,3-24H2,1-2H3. The molecular weight excluding hydrogens is 897 g/mol. The van der Waals surface area contributed by atoms with Crippen LogP contribution in [0.15, 0.2) is 146 Å². The summed E-state index contributed by atoms with van der Waals surface area (Å²) in [4.78, 5) is 51.6. The largest absolute Gasteiger partial charge is 0.423 e. The molecule has 378 valence electrons. The van der Waals surface area contributed by atoms with E-state index >= 15 is 0 Å². The number of unbranched alkanes of at least 4 members (excludes halogenated alkanes) is 18. The number of carbonyl (C=O) groups excluding carboxylic acids is 4. The van der Waals surface area contributed by atoms with Gasteiger partial charge >= 0.3 is 23.9 Å². The molecule has 0 N–H and O–H groups in total. The van der Waals surface area contributed by atoms with Gasteiger partial charge in [0.15, 0.2) is 0 Å². The van der Waals surface area contributed by atoms with Gasteiger partial charge < -0.3 is 18.9 Å². The van der Waals surface area contributed by atoms with Crippen molar-refractivity contribution < 1.29 is 38.1 Å². The summed E-state index contributed by atoms with van der Waals surface area (Å²) in [6, 6.07) is 41.9. The smallest absolute Gasteiger partial charge is 0.343 e. The second-order valence-electron chi connectivity index (χ2n) is 18.9. The van der Waals surface area contributed by atoms with Crippen LogP contribution in [0.2, 0.25) is 0 Å². The van der Waals surface area contributed by atoms with E-state index < -0.39 is 23.9 Å². The van der Waals surface area contributed by atoms with Gasteiger partial charge in [-0.05, 0) is 145 Å². The number of hydrogen-bond donors (Lipinski definition) is 0. The lowest BCUT2D eigenvalue weighted by atomic mass is 10.0. The van der Waals surface area contributed by atoms with Crippen molar-refractivity contribution in [3.05, 3.63) is 179 Å². The highest BCUT2D eigenvalue weighted by molar-refractivity contribution is 5.94. The Bertz CT molecular complexity index is 2350. The molecule has 0 aliphatic heterocycles. The summed E-state index contributed by atoms with van der Waals surface area (Å²) in [6.07, 6.45) is 28.1. The van der Waals surface area contributed by atoms with Crippen molar-refractivity contribution >= 4 is 23.9 Å². The summed E-state index contributed by atoms with van der Waals surface area (Å²) in [7, 11) is 0. The van der Waals surface area contributed by atoms with E-state index in [9.17, 15) is 19.2 Å². The van der Waals surface area contributed by atoms with E-state index in [4.69, 9.17) is 18.9 Å². The number of rotatable bonds is 31. The molecule has 0 radical (unpaired) electrons. The van der Waals surface area contributed by atoms with Crippen LogP contribution >= 0.6 is 0 Å². The highest BCUT2D eigenvalue weighted by Crippen LogP contribution is 2.27. The third-order valence-corrected chi connectivity index (χ3v) is 13.1. The quantitative estimate of drug-likeness (QED) is 0.0241. The molecule has 0 aliphatic carbocycles. The molecule has 0 unspecified atom stereocenters. The van der Waals surface area contributed by atoms with Gasteiger partial charge in [0.05, 0.1) is 22.3 Å². The lowest BCUT2D eigenvalue weighted by molar-refractivity contribution is 0.0720. The Kier molecular flexibility index (Phi) is 23.4. The van der Waals surface area contributed by atoms with Crippen LogP contribution < -0.4 is 18.9 Å². The first-order chi connectivity index (χ1) is 35.3. The summed E-state index contributed by atoms with van der Waals surface area (Å²) in [5, 5.41) is 0. The Morgan fingerprint density at radius 3 is 0.722 bits per heavy atom. The minimum atomic E-state index is -0.546. The Hall–Kier alpha value is -6.80. The molecule has 0 amide bonds. The molecule has 72 heavy (non-hydrogen) atoms. The van der Waals surface area contributed by atoms with E-state index in [0.29, 0.717) is 45.3 Å². The predicted molar refractivity (Wildman–Crippen MR) is 289 cm³/mol. The minimum absolute atomic E-state index is 0.311. The molecule has 0 saturated carbocycles. The van der Waals surface area contributed by atoms with Crippen LogP contribution in [0.1, 0.15) is 195 Å². The van der Waals surface area contributed by atoms with Crippen molar-refractivity contribution in [2.24, 2.45) is 0 Å². The number of aryl methyl sites for hydroxylation is 2. The van der Waals surface area contributed by atoms with E-state index in [1.807, 2.05) is 48.5 Å². The van der Waals surface area contributed by atoms with Crippen LogP contribution in [0, 0.1) is 0 Å². The third-order valence-electron chi connectivity index (χ3n) is 13.1. The molecule has 0 aromatic heterocycles. The summed E-state index contributed by atoms with van der Waals surface area (Å²) < 4.78 is 22.4. The van der Waals surface area contributed by atoms with Gasteiger partial charge in [0.2, 0.25) is 0 Å². The molecule has 0 spiro atoms. The van der Waals surface area contributed by atoms with Crippen LogP contribution in [0.25, 0.3) is 11.1 Å². The zero-order valence-corrected chi connectivity index (χ0v) is 42.7. The normalized spacial score (nSPS) is 11.0. The fourth-order valence-electron chi connectivity index (χ4n) is 8.66. The minimum Gasteiger partial charge on any atom is -0.423 e. The zero-order valence-electron chi connectivity index (χ0n) is 42.7. The van der Waals surface area contributed by atoms with Crippen molar-refractivity contribution in [3.63, 3.8) is 0 Å². The van der Waals surface area contributed by atoms with Gasteiger partial charge in [-0.2, -0.15) is 0 Å². The first-order valence-electron chi connectivity index (χ1n) is 26.7. The van der Waals surface area contributed by atoms with E-state index in [-0.39, 0.29) is 0 Å². The first-order valence-corrected chi connectivity index (χ1v) is 26.7. The SMILES string of the molecule is CCCCCCCCCCCCc1ccc(C(=O)Oc2ccc(C(=O)Oc3ccc(-c4ccc(OC(=O)c5ccc(OC(=O)c6ccc(CCCCCCCCCCCC)cc6)cc5)cc4)cc3)cc2)cc1. The Labute approximate surface area is 428 Å². The van der Waals surface area contributed by atoms with Crippen LogP contribution in [-0.2, 0) is 12.8 Å². The van der Waals surface area contributed by atoms with Gasteiger partial charge in [0.1, 0.15) is 23.0 Å². The lowest BCUT2D eigenvalue weighted by Gasteiger charge is -2.09. The average Bonchev–Trinajstić information content (AvgIpc) is 3.41. The topological polar surface area (TPSA) is 105 Å². The summed E-state index contributed by atoms with van der Waals surface area (Å²) >= 11 is 0. The van der Waals surface area contributed by atoms with Gasteiger partial charge in [0.25, 0.3) is 0 Å². The Balaban J connectivity index is 0.867. The Morgan fingerprint density at radius 1 is 0.264 bits per heavy atom. The summed E-state index contributed by atoms with van der Waals surface area (Å²) in [5.41, 5.74) is 5.73. The molecule has 0 fully saturated rings. The van der Waals surface area contributed by atoms with Crippen LogP contribution in [0.3, 0.4) is 0 Å². The van der Waals surface area contributed by atoms with Gasteiger partial charge in [-0.1, -0.05) is 178 Å². The van der Waals surface area contributed by atoms with Crippen molar-refractivity contribution in [3.8, 4) is 34.1 Å². The molecule has 0 aliphatic rings. The van der Waals surface area contributed by atoms with E-state index in [2.05, 4.69) is 13.8 Å². The fourth-order valence-corrected chi connectivity index (χ4v) is 8.66. The molecule has 0 bridgehead atoms. The molecule has 6 aromatic carbocycles. The van der Waals surface area contributed by atoms with E-state index in [0.717, 1.165) is 36.8 Å². The maximum absolute atomic E-state index is 13.0. The maximum Gasteiger partial charge on any atom is 0.343 e. The van der Waals surface area contributed by atoms with Crippen molar-refractivity contribution in [1.29, 1.82) is 0 Å². The average molecular weight is 971 g/mol. The monoisotopic (exact) mass is 971 g/mol. The van der Waals surface area contributed by atoms with Crippen LogP contribution in [0.4, 0.5) is 0 Å².